The zero-order chi connectivity index (χ0) is 23.2. The van der Waals surface area contributed by atoms with Gasteiger partial charge in [-0.2, -0.15) is 0 Å². The Labute approximate surface area is 193 Å². The molecule has 1 heterocycles. The van der Waals surface area contributed by atoms with E-state index in [0.717, 1.165) is 27.8 Å². The first-order valence-electron chi connectivity index (χ1n) is 10.9. The van der Waals surface area contributed by atoms with Gasteiger partial charge in [0.15, 0.2) is 18.1 Å². The summed E-state index contributed by atoms with van der Waals surface area (Å²) in [5.74, 6) is 1.79. The Morgan fingerprint density at radius 3 is 2.30 bits per heavy atom. The summed E-state index contributed by atoms with van der Waals surface area (Å²) in [7, 11) is 3.22. The first-order valence-corrected chi connectivity index (χ1v) is 10.9. The molecular formula is C27H28N2O4. The summed E-state index contributed by atoms with van der Waals surface area (Å²) in [5, 5.41) is 1.08. The van der Waals surface area contributed by atoms with Crippen molar-refractivity contribution in [3.05, 3.63) is 90.1 Å². The van der Waals surface area contributed by atoms with Crippen LogP contribution in [-0.4, -0.2) is 43.2 Å². The van der Waals surface area contributed by atoms with Crippen LogP contribution in [0.2, 0.25) is 0 Å². The van der Waals surface area contributed by atoms with Crippen LogP contribution in [0.4, 0.5) is 0 Å². The highest BCUT2D eigenvalue weighted by atomic mass is 16.5. The Hall–Kier alpha value is -3.93. The highest BCUT2D eigenvalue weighted by molar-refractivity contribution is 5.86. The molecule has 0 radical (unpaired) electrons. The second-order valence-corrected chi connectivity index (χ2v) is 7.58. The van der Waals surface area contributed by atoms with Crippen molar-refractivity contribution in [2.45, 2.75) is 13.0 Å². The maximum absolute atomic E-state index is 13.4. The van der Waals surface area contributed by atoms with E-state index in [9.17, 15) is 4.79 Å². The van der Waals surface area contributed by atoms with Gasteiger partial charge < -0.3 is 24.1 Å². The van der Waals surface area contributed by atoms with Crippen LogP contribution in [0.25, 0.3) is 10.9 Å². The number of aromatic nitrogens is 1. The van der Waals surface area contributed by atoms with Crippen LogP contribution in [-0.2, 0) is 4.79 Å². The number of methoxy groups -OCH3 is 2. The van der Waals surface area contributed by atoms with Gasteiger partial charge in [-0.15, -0.1) is 0 Å². The number of hydrogen-bond donors (Lipinski definition) is 1. The fourth-order valence-electron chi connectivity index (χ4n) is 4.10. The topological polar surface area (TPSA) is 63.8 Å². The van der Waals surface area contributed by atoms with Crippen LogP contribution in [0.1, 0.15) is 24.1 Å². The minimum atomic E-state index is -0.286. The van der Waals surface area contributed by atoms with Crippen molar-refractivity contribution < 1.29 is 19.0 Å². The number of benzene rings is 3. The molecule has 0 spiro atoms. The van der Waals surface area contributed by atoms with Gasteiger partial charge in [-0.3, -0.25) is 4.79 Å². The third-order valence-electron chi connectivity index (χ3n) is 5.74. The van der Waals surface area contributed by atoms with E-state index < -0.39 is 0 Å². The van der Waals surface area contributed by atoms with Gasteiger partial charge in [0.1, 0.15) is 5.75 Å². The van der Waals surface area contributed by atoms with Gasteiger partial charge in [0.25, 0.3) is 5.91 Å². The number of amides is 1. The molecule has 0 fully saturated rings. The fourth-order valence-corrected chi connectivity index (χ4v) is 4.10. The van der Waals surface area contributed by atoms with Gasteiger partial charge in [-0.25, -0.2) is 0 Å². The summed E-state index contributed by atoms with van der Waals surface area (Å²) in [6.45, 7) is 2.40. The molecule has 170 valence electrons. The summed E-state index contributed by atoms with van der Waals surface area (Å²) in [6, 6.07) is 23.0. The molecule has 0 unspecified atom stereocenters. The molecule has 4 rings (SSSR count). The Bertz CT molecular complexity index is 1220. The number of rotatable bonds is 9. The number of ether oxygens (including phenoxy) is 3. The molecule has 1 amide bonds. The average Bonchev–Trinajstić information content (AvgIpc) is 3.29. The molecule has 0 aliphatic rings. The van der Waals surface area contributed by atoms with Gasteiger partial charge in [-0.1, -0.05) is 42.5 Å². The highest BCUT2D eigenvalue weighted by Crippen LogP contribution is 2.35. The number of fused-ring (bicyclic) bond motifs is 1. The monoisotopic (exact) mass is 444 g/mol. The minimum absolute atomic E-state index is 0.0940. The number of H-pyrrole nitrogens is 1. The summed E-state index contributed by atoms with van der Waals surface area (Å²) in [4.78, 5) is 18.6. The molecule has 0 saturated carbocycles. The summed E-state index contributed by atoms with van der Waals surface area (Å²) < 4.78 is 16.5. The number of para-hydroxylation sites is 3. The molecule has 6 heteroatoms. The minimum Gasteiger partial charge on any atom is -0.497 e. The van der Waals surface area contributed by atoms with Crippen molar-refractivity contribution in [1.29, 1.82) is 0 Å². The Kier molecular flexibility index (Phi) is 6.83. The van der Waals surface area contributed by atoms with Crippen LogP contribution in [0.3, 0.4) is 0 Å². The molecule has 1 N–H and O–H groups in total. The molecule has 0 aliphatic carbocycles. The number of aromatic amines is 1. The van der Waals surface area contributed by atoms with Crippen LogP contribution in [0.5, 0.6) is 17.2 Å². The zero-order valence-corrected chi connectivity index (χ0v) is 19.1. The standard InChI is InChI=1S/C27H28N2O4/c1-4-29(26(30)18-33-25-12-8-7-11-24(25)32-3)27(19-13-15-20(31-2)16-14-19)22-17-28-23-10-6-5-9-21(22)23/h5-17,27-28H,4,18H2,1-3H3/t27-/m1/s1. The Balaban J connectivity index is 1.69. The zero-order valence-electron chi connectivity index (χ0n) is 19.1. The van der Waals surface area contributed by atoms with Crippen molar-refractivity contribution in [2.24, 2.45) is 0 Å². The molecule has 1 aromatic heterocycles. The van der Waals surface area contributed by atoms with E-state index in [1.807, 2.05) is 78.7 Å². The second kappa shape index (κ2) is 10.1. The Morgan fingerprint density at radius 2 is 1.61 bits per heavy atom. The van der Waals surface area contributed by atoms with Crippen LogP contribution < -0.4 is 14.2 Å². The van der Waals surface area contributed by atoms with Crippen LogP contribution >= 0.6 is 0 Å². The van der Waals surface area contributed by atoms with E-state index in [2.05, 4.69) is 11.1 Å². The van der Waals surface area contributed by atoms with Gasteiger partial charge in [0.05, 0.1) is 20.3 Å². The van der Waals surface area contributed by atoms with E-state index >= 15 is 0 Å². The second-order valence-electron chi connectivity index (χ2n) is 7.58. The summed E-state index contributed by atoms with van der Waals surface area (Å²) in [6.07, 6.45) is 1.98. The third-order valence-corrected chi connectivity index (χ3v) is 5.74. The molecule has 3 aromatic carbocycles. The largest absolute Gasteiger partial charge is 0.497 e. The quantitative estimate of drug-likeness (QED) is 0.385. The number of nitrogens with zero attached hydrogens (tertiary/aromatic N) is 1. The van der Waals surface area contributed by atoms with E-state index in [0.29, 0.717) is 18.0 Å². The van der Waals surface area contributed by atoms with Crippen molar-refractivity contribution in [2.75, 3.05) is 27.4 Å². The lowest BCUT2D eigenvalue weighted by molar-refractivity contribution is -0.134. The average molecular weight is 445 g/mol. The van der Waals surface area contributed by atoms with Crippen molar-refractivity contribution in [3.8, 4) is 17.2 Å². The van der Waals surface area contributed by atoms with Gasteiger partial charge in [0.2, 0.25) is 0 Å². The summed E-state index contributed by atoms with van der Waals surface area (Å²) in [5.41, 5.74) is 3.05. The number of hydrogen-bond acceptors (Lipinski definition) is 4. The lowest BCUT2D eigenvalue weighted by atomic mass is 9.96. The smallest absolute Gasteiger partial charge is 0.261 e. The number of carbonyl (C=O) groups is 1. The predicted octanol–water partition coefficient (Wildman–Crippen LogP) is 5.20. The molecule has 4 aromatic rings. The lowest BCUT2D eigenvalue weighted by Crippen LogP contribution is -2.38. The van der Waals surface area contributed by atoms with Crippen molar-refractivity contribution in [3.63, 3.8) is 0 Å². The van der Waals surface area contributed by atoms with Crippen molar-refractivity contribution in [1.82, 2.24) is 9.88 Å². The van der Waals surface area contributed by atoms with Gasteiger partial charge in [0, 0.05) is 29.2 Å². The van der Waals surface area contributed by atoms with Gasteiger partial charge in [-0.05, 0) is 42.8 Å². The number of nitrogens with one attached hydrogen (secondary N) is 1. The first kappa shape index (κ1) is 22.3. The predicted molar refractivity (Wildman–Crippen MR) is 129 cm³/mol. The van der Waals surface area contributed by atoms with E-state index in [-0.39, 0.29) is 18.6 Å². The molecule has 1 atom stereocenters. The molecule has 0 aliphatic heterocycles. The summed E-state index contributed by atoms with van der Waals surface area (Å²) >= 11 is 0. The molecule has 0 saturated heterocycles. The SMILES string of the molecule is CCN(C(=O)COc1ccccc1OC)[C@H](c1ccc(OC)cc1)c1c[nH]c2ccccc12. The molecular weight excluding hydrogens is 416 g/mol. The maximum atomic E-state index is 13.4. The lowest BCUT2D eigenvalue weighted by Gasteiger charge is -2.31. The van der Waals surface area contributed by atoms with Crippen LogP contribution in [0.15, 0.2) is 79.0 Å². The van der Waals surface area contributed by atoms with E-state index in [1.165, 1.54) is 0 Å². The Morgan fingerprint density at radius 1 is 0.909 bits per heavy atom. The van der Waals surface area contributed by atoms with E-state index in [4.69, 9.17) is 14.2 Å². The molecule has 6 nitrogen and oxygen atoms in total. The third kappa shape index (κ3) is 4.65. The van der Waals surface area contributed by atoms with E-state index in [1.54, 1.807) is 20.3 Å². The first-order chi connectivity index (χ1) is 16.2. The fraction of sp³-hybridized carbons (Fsp3) is 0.222. The molecule has 33 heavy (non-hydrogen) atoms. The number of likely N-dealkylation sites (N-methyl/N-ethyl adjacent to an activating group) is 1. The highest BCUT2D eigenvalue weighted by Gasteiger charge is 2.28. The molecule has 0 bridgehead atoms. The number of carbonyl (C=O) groups excluding carboxylic acids is 1. The maximum Gasteiger partial charge on any atom is 0.261 e. The van der Waals surface area contributed by atoms with Gasteiger partial charge >= 0.3 is 0 Å². The van der Waals surface area contributed by atoms with Crippen molar-refractivity contribution >= 4 is 16.8 Å². The van der Waals surface area contributed by atoms with Crippen LogP contribution in [0, 0.1) is 0 Å². The normalized spacial score (nSPS) is 11.7.